The summed E-state index contributed by atoms with van der Waals surface area (Å²) in [7, 11) is 5.99. The Labute approximate surface area is 268 Å². The minimum Gasteiger partial charge on any atom is -1.00 e. The number of epoxide rings is 1. The van der Waals surface area contributed by atoms with Gasteiger partial charge in [-0.2, -0.15) is 0 Å². The lowest BCUT2D eigenvalue weighted by Crippen LogP contribution is -3.00. The van der Waals surface area contributed by atoms with Crippen LogP contribution < -0.4 is 39.3 Å². The van der Waals surface area contributed by atoms with Gasteiger partial charge in [-0.1, -0.05) is 42.5 Å². The topological polar surface area (TPSA) is 106 Å². The van der Waals surface area contributed by atoms with Gasteiger partial charge in [0.05, 0.1) is 32.6 Å². The van der Waals surface area contributed by atoms with Crippen molar-refractivity contribution in [3.05, 3.63) is 77.9 Å². The van der Waals surface area contributed by atoms with Crippen molar-refractivity contribution in [3.63, 3.8) is 0 Å². The zero-order valence-corrected chi connectivity index (χ0v) is 26.6. The monoisotopic (exact) mass is 697 g/mol. The number of carbonyl (C=O) groups is 3. The molecule has 0 saturated carbocycles. The van der Waals surface area contributed by atoms with Crippen LogP contribution in [0.3, 0.4) is 0 Å². The van der Waals surface area contributed by atoms with Crippen LogP contribution in [0.25, 0.3) is 11.1 Å². The first-order valence-corrected chi connectivity index (χ1v) is 14.3. The van der Waals surface area contributed by atoms with Crippen LogP contribution in [0, 0.1) is 0 Å². The molecule has 1 unspecified atom stereocenters. The molecule has 3 aromatic rings. The number of fused-ring (bicyclic) bond motifs is 5. The third-order valence-electron chi connectivity index (χ3n) is 8.99. The first kappa shape index (κ1) is 31.0. The molecule has 9 nitrogen and oxygen atoms in total. The van der Waals surface area contributed by atoms with Crippen LogP contribution in [0.5, 0.6) is 5.75 Å². The Kier molecular flexibility index (Phi) is 9.10. The zero-order valence-electron chi connectivity index (χ0n) is 24.4. The van der Waals surface area contributed by atoms with Gasteiger partial charge in [0.25, 0.3) is 0 Å². The fourth-order valence-corrected chi connectivity index (χ4v) is 6.67. The number of amides is 2. The minimum absolute atomic E-state index is 0. The van der Waals surface area contributed by atoms with Crippen molar-refractivity contribution < 1.29 is 57.1 Å². The van der Waals surface area contributed by atoms with Crippen molar-refractivity contribution >= 4 is 29.7 Å². The Hall–Kier alpha value is -3.48. The van der Waals surface area contributed by atoms with Gasteiger partial charge in [0.1, 0.15) is 42.4 Å². The SMILES string of the molecule is COc1cc(C=O)ccc1NC(=O)CCc1ccc(-c2ccccc2)c(NC(=O)OC2C[C@@H]3[C@H]4O[C@H]4[C@H](C2)[N+]3(C)C)c1.[I-]. The van der Waals surface area contributed by atoms with Crippen LogP contribution in [0.4, 0.5) is 16.2 Å². The van der Waals surface area contributed by atoms with E-state index >= 15 is 0 Å². The van der Waals surface area contributed by atoms with Crippen LogP contribution >= 0.6 is 0 Å². The van der Waals surface area contributed by atoms with E-state index in [0.29, 0.717) is 41.2 Å². The van der Waals surface area contributed by atoms with Gasteiger partial charge in [-0.05, 0) is 41.8 Å². The molecule has 0 aromatic heterocycles. The largest absolute Gasteiger partial charge is 1.00 e. The van der Waals surface area contributed by atoms with E-state index in [1.807, 2.05) is 48.5 Å². The third-order valence-corrected chi connectivity index (χ3v) is 8.99. The Morgan fingerprint density at radius 2 is 1.67 bits per heavy atom. The first-order valence-electron chi connectivity index (χ1n) is 14.3. The highest BCUT2D eigenvalue weighted by molar-refractivity contribution is 5.94. The number of rotatable bonds is 9. The number of ether oxygens (including phenoxy) is 3. The molecule has 5 atom stereocenters. The molecule has 3 saturated heterocycles. The number of hydrogen-bond acceptors (Lipinski definition) is 6. The van der Waals surface area contributed by atoms with Crippen molar-refractivity contribution in [3.8, 4) is 16.9 Å². The van der Waals surface area contributed by atoms with Gasteiger partial charge in [0, 0.05) is 30.4 Å². The fourth-order valence-electron chi connectivity index (χ4n) is 6.67. The molecular weight excluding hydrogens is 661 g/mol. The van der Waals surface area contributed by atoms with Gasteiger partial charge >= 0.3 is 6.09 Å². The van der Waals surface area contributed by atoms with Crippen molar-refractivity contribution in [1.82, 2.24) is 0 Å². The van der Waals surface area contributed by atoms with Crippen LogP contribution in [-0.4, -0.2) is 74.4 Å². The third kappa shape index (κ3) is 6.41. The van der Waals surface area contributed by atoms with Crippen molar-refractivity contribution in [2.75, 3.05) is 31.8 Å². The maximum absolute atomic E-state index is 13.2. The number of aldehydes is 1. The van der Waals surface area contributed by atoms with Gasteiger partial charge in [-0.15, -0.1) is 0 Å². The molecule has 2 bridgehead atoms. The minimum atomic E-state index is -0.473. The summed E-state index contributed by atoms with van der Waals surface area (Å²) in [6.07, 6.45) is 2.95. The summed E-state index contributed by atoms with van der Waals surface area (Å²) < 4.78 is 18.1. The van der Waals surface area contributed by atoms with E-state index in [2.05, 4.69) is 24.7 Å². The molecule has 10 heteroatoms. The van der Waals surface area contributed by atoms with Crippen LogP contribution in [0.2, 0.25) is 0 Å². The molecule has 3 aliphatic rings. The standard InChI is InChI=1S/C33H35N3O6.HI/c1-36(2)27-17-23(18-28(36)32-31(27)42-32)41-33(39)35-26-15-20(9-12-24(26)22-7-5-4-6-8-22)11-14-30(38)34-25-13-10-21(19-37)16-29(25)40-3;/h4-10,12-13,15-16,19,23,27-28,31-32H,11,14,17-18H2,1-3H3,(H-,34,35,37,38,39);1H/t23?,27-,28+,31-,32+;. The quantitative estimate of drug-likeness (QED) is 0.154. The summed E-state index contributed by atoms with van der Waals surface area (Å²) in [5.41, 5.74) is 4.34. The number of aryl methyl sites for hydroxylation is 1. The first-order chi connectivity index (χ1) is 20.3. The highest BCUT2D eigenvalue weighted by atomic mass is 127. The number of nitrogens with one attached hydrogen (secondary N) is 2. The Bertz CT molecular complexity index is 1490. The lowest BCUT2D eigenvalue weighted by atomic mass is 9.96. The molecule has 0 radical (unpaired) electrons. The number of quaternary nitrogens is 1. The Morgan fingerprint density at radius 3 is 2.35 bits per heavy atom. The average Bonchev–Trinajstić information content (AvgIpc) is 3.75. The van der Waals surface area contributed by atoms with E-state index in [1.54, 1.807) is 18.2 Å². The summed E-state index contributed by atoms with van der Waals surface area (Å²) >= 11 is 0. The molecule has 2 amide bonds. The van der Waals surface area contributed by atoms with E-state index in [0.717, 1.165) is 40.3 Å². The number of morpholine rings is 1. The Morgan fingerprint density at radius 1 is 0.953 bits per heavy atom. The summed E-state index contributed by atoms with van der Waals surface area (Å²) in [4.78, 5) is 37.0. The van der Waals surface area contributed by atoms with E-state index < -0.39 is 6.09 Å². The van der Waals surface area contributed by atoms with Crippen molar-refractivity contribution in [2.24, 2.45) is 0 Å². The van der Waals surface area contributed by atoms with Gasteiger partial charge in [-0.3, -0.25) is 14.9 Å². The molecule has 43 heavy (non-hydrogen) atoms. The molecule has 3 aromatic carbocycles. The lowest BCUT2D eigenvalue weighted by Gasteiger charge is -2.45. The second-order valence-electron chi connectivity index (χ2n) is 11.8. The van der Waals surface area contributed by atoms with Gasteiger partial charge in [0.15, 0.2) is 0 Å². The molecular formula is C33H36IN3O6. The van der Waals surface area contributed by atoms with E-state index in [4.69, 9.17) is 14.2 Å². The predicted octanol–water partition coefficient (Wildman–Crippen LogP) is 2.06. The summed E-state index contributed by atoms with van der Waals surface area (Å²) in [5, 5.41) is 5.86. The number of likely N-dealkylation sites (N-methyl/N-ethyl adjacent to an activating group) is 1. The highest BCUT2D eigenvalue weighted by Gasteiger charge is 2.70. The Balaban J connectivity index is 0.00000368. The number of anilines is 2. The molecule has 2 N–H and O–H groups in total. The van der Waals surface area contributed by atoms with Gasteiger partial charge in [-0.25, -0.2) is 4.79 Å². The maximum atomic E-state index is 13.2. The predicted molar refractivity (Wildman–Crippen MR) is 159 cm³/mol. The van der Waals surface area contributed by atoms with Crippen molar-refractivity contribution in [1.29, 1.82) is 0 Å². The maximum Gasteiger partial charge on any atom is 0.411 e. The smallest absolute Gasteiger partial charge is 0.411 e. The molecule has 6 rings (SSSR count). The number of hydrogen-bond donors (Lipinski definition) is 2. The summed E-state index contributed by atoms with van der Waals surface area (Å²) in [5.74, 6) is 0.228. The van der Waals surface area contributed by atoms with Crippen LogP contribution in [-0.2, 0) is 20.7 Å². The van der Waals surface area contributed by atoms with Crippen LogP contribution in [0.15, 0.2) is 66.7 Å². The van der Waals surface area contributed by atoms with Gasteiger partial charge in [0.2, 0.25) is 5.91 Å². The number of nitrogens with zero attached hydrogens (tertiary/aromatic N) is 1. The number of carbonyl (C=O) groups excluding carboxylic acids is 3. The lowest BCUT2D eigenvalue weighted by molar-refractivity contribution is -0.938. The van der Waals surface area contributed by atoms with E-state index in [9.17, 15) is 14.4 Å². The van der Waals surface area contributed by atoms with Gasteiger partial charge < -0.3 is 48.0 Å². The second-order valence-corrected chi connectivity index (χ2v) is 11.8. The molecule has 226 valence electrons. The average molecular weight is 698 g/mol. The molecule has 3 aliphatic heterocycles. The second kappa shape index (κ2) is 12.6. The van der Waals surface area contributed by atoms with E-state index in [1.165, 1.54) is 7.11 Å². The normalized spacial score (nSPS) is 24.1. The molecule has 3 fully saturated rings. The molecule has 0 aliphatic carbocycles. The summed E-state index contributed by atoms with van der Waals surface area (Å²) in [6, 6.07) is 21.2. The van der Waals surface area contributed by atoms with Crippen LogP contribution in [0.1, 0.15) is 35.2 Å². The molecule has 0 spiro atoms. The molecule has 3 heterocycles. The summed E-state index contributed by atoms with van der Waals surface area (Å²) in [6.45, 7) is 0. The zero-order chi connectivity index (χ0) is 29.4. The number of halogens is 1. The number of benzene rings is 3. The fraction of sp³-hybridized carbons (Fsp3) is 0.364. The number of methoxy groups -OCH3 is 1. The highest BCUT2D eigenvalue weighted by Crippen LogP contribution is 2.51. The van der Waals surface area contributed by atoms with E-state index in [-0.39, 0.29) is 54.6 Å². The number of piperidine rings is 1. The van der Waals surface area contributed by atoms with Crippen molar-refractivity contribution in [2.45, 2.75) is 56.1 Å².